The van der Waals surface area contributed by atoms with Crippen molar-refractivity contribution in [3.63, 3.8) is 0 Å². The highest BCUT2D eigenvalue weighted by molar-refractivity contribution is 7.90. The van der Waals surface area contributed by atoms with Gasteiger partial charge in [-0.25, -0.2) is 36.2 Å². The van der Waals surface area contributed by atoms with Crippen LogP contribution in [-0.2, 0) is 24.7 Å². The molecule has 4 aromatic rings. The van der Waals surface area contributed by atoms with E-state index >= 15 is 0 Å². The summed E-state index contributed by atoms with van der Waals surface area (Å²) < 4.78 is 75.4. The smallest absolute Gasteiger partial charge is 0.531 e. The summed E-state index contributed by atoms with van der Waals surface area (Å²) in [6.07, 6.45) is 9.71. The van der Waals surface area contributed by atoms with Gasteiger partial charge in [-0.05, 0) is 85.6 Å². The number of nitrogens with zero attached hydrogens (tertiary/aromatic N) is 2. The SMILES string of the molecule is CCCS(=O)(=O)NC1CC(C2=CB(OC3CC3S(=O)(=O)N[C@H]3C[C@H](C4=CB(O)Oc5cnc6[nH]ccc6c54)C3)Oc3cnc4[nH]ccc4c32)C1. The molecule has 3 fully saturated rings. The summed E-state index contributed by atoms with van der Waals surface area (Å²) in [6.45, 7) is 1.84. The van der Waals surface area contributed by atoms with Crippen molar-refractivity contribution in [3.8, 4) is 11.5 Å². The van der Waals surface area contributed by atoms with E-state index in [9.17, 15) is 21.9 Å². The molecule has 5 N–H and O–H groups in total. The first-order valence-corrected chi connectivity index (χ1v) is 20.3. The number of allylic oxidation sites excluding steroid dienone is 2. The van der Waals surface area contributed by atoms with E-state index < -0.39 is 45.6 Å². The van der Waals surface area contributed by atoms with Crippen LogP contribution in [0.4, 0.5) is 0 Å². The summed E-state index contributed by atoms with van der Waals surface area (Å²) in [5, 5.41) is 11.4. The largest absolute Gasteiger partial charge is 0.555 e. The lowest BCUT2D eigenvalue weighted by molar-refractivity contribution is 0.257. The van der Waals surface area contributed by atoms with Crippen LogP contribution in [0.15, 0.2) is 48.9 Å². The monoisotopic (exact) mass is 718 g/mol. The number of fused-ring (bicyclic) bond motifs is 6. The van der Waals surface area contributed by atoms with Crippen LogP contribution >= 0.6 is 0 Å². The van der Waals surface area contributed by atoms with Crippen molar-refractivity contribution >= 4 is 67.5 Å². The molecule has 0 radical (unpaired) electrons. The minimum absolute atomic E-state index is 0.0548. The second-order valence-corrected chi connectivity index (χ2v) is 17.8. The maximum atomic E-state index is 13.5. The maximum Gasteiger partial charge on any atom is 0.555 e. The number of sulfonamides is 2. The van der Waals surface area contributed by atoms with Crippen molar-refractivity contribution in [1.82, 2.24) is 29.4 Å². The van der Waals surface area contributed by atoms with Crippen LogP contribution in [0.25, 0.3) is 33.2 Å². The average molecular weight is 718 g/mol. The van der Waals surface area contributed by atoms with E-state index in [2.05, 4.69) is 29.4 Å². The van der Waals surface area contributed by atoms with Gasteiger partial charge in [-0.3, -0.25) is 0 Å². The molecule has 0 amide bonds. The molecule has 260 valence electrons. The third-order valence-electron chi connectivity index (χ3n) is 10.5. The number of rotatable bonds is 11. The van der Waals surface area contributed by atoms with E-state index in [-0.39, 0.29) is 29.7 Å². The molecule has 0 saturated heterocycles. The maximum absolute atomic E-state index is 13.5. The molecule has 0 spiro atoms. The zero-order valence-electron chi connectivity index (χ0n) is 27.2. The first-order chi connectivity index (χ1) is 24.0. The van der Waals surface area contributed by atoms with Crippen molar-refractivity contribution < 1.29 is 35.8 Å². The Kier molecular flexibility index (Phi) is 7.71. The van der Waals surface area contributed by atoms with Crippen LogP contribution in [0.1, 0.15) is 56.6 Å². The summed E-state index contributed by atoms with van der Waals surface area (Å²) >= 11 is 0. The fourth-order valence-electron chi connectivity index (χ4n) is 7.92. The van der Waals surface area contributed by atoms with E-state index in [0.717, 1.165) is 44.3 Å². The highest BCUT2D eigenvalue weighted by Gasteiger charge is 2.52. The molecule has 18 heteroatoms. The second kappa shape index (κ2) is 12.0. The molecule has 6 heterocycles. The van der Waals surface area contributed by atoms with Crippen molar-refractivity contribution in [2.24, 2.45) is 11.8 Å². The number of hydrogen-bond donors (Lipinski definition) is 5. The van der Waals surface area contributed by atoms with Gasteiger partial charge in [-0.2, -0.15) is 0 Å². The predicted molar refractivity (Wildman–Crippen MR) is 189 cm³/mol. The summed E-state index contributed by atoms with van der Waals surface area (Å²) in [7, 11) is -8.90. The first kappa shape index (κ1) is 32.3. The number of aromatic nitrogens is 4. The molecule has 0 bridgehead atoms. The predicted octanol–water partition coefficient (Wildman–Crippen LogP) is 2.70. The minimum atomic E-state index is -3.67. The fourth-order valence-corrected chi connectivity index (χ4v) is 11.0. The summed E-state index contributed by atoms with van der Waals surface area (Å²) in [4.78, 5) is 15.1. The lowest BCUT2D eigenvalue weighted by Crippen LogP contribution is -2.47. The zero-order valence-corrected chi connectivity index (χ0v) is 28.8. The van der Waals surface area contributed by atoms with Crippen LogP contribution in [0.5, 0.6) is 11.5 Å². The summed E-state index contributed by atoms with van der Waals surface area (Å²) in [6, 6.07) is 3.49. The van der Waals surface area contributed by atoms with Gasteiger partial charge in [-0.15, -0.1) is 0 Å². The van der Waals surface area contributed by atoms with Crippen molar-refractivity contribution in [3.05, 3.63) is 60.0 Å². The third-order valence-corrected chi connectivity index (χ3v) is 14.1. The Morgan fingerprint density at radius 2 is 1.44 bits per heavy atom. The van der Waals surface area contributed by atoms with Crippen molar-refractivity contribution in [1.29, 1.82) is 0 Å². The molecule has 2 aliphatic heterocycles. The quantitative estimate of drug-likeness (QED) is 0.144. The van der Waals surface area contributed by atoms with E-state index in [1.165, 1.54) is 0 Å². The molecule has 3 saturated carbocycles. The standard InChI is InChI=1S/C32H36B2N6O8S2/c1-2-7-49(42,43)39-19-8-18(9-19)24-14-34(48-27-16-38-32-22(30(24)27)4-6-36-32)47-25-12-28(25)50(44,45)40-20-10-17(11-20)23-13-33(41)46-26-15-37-31-21(29(23)26)3-5-35-31/h3-6,13-20,25,28,39-41H,2,7-12H2,1H3,(H,35,37)(H,36,38)/t17-,18?,19?,20-,25?,28?. The first-order valence-electron chi connectivity index (χ1n) is 17.1. The van der Waals surface area contributed by atoms with E-state index in [0.29, 0.717) is 50.0 Å². The molecular weight excluding hydrogens is 682 g/mol. The molecule has 2 atom stereocenters. The van der Waals surface area contributed by atoms with Crippen molar-refractivity contribution in [2.75, 3.05) is 5.75 Å². The molecule has 14 nitrogen and oxygen atoms in total. The molecule has 5 aliphatic rings. The van der Waals surface area contributed by atoms with Crippen LogP contribution in [0.3, 0.4) is 0 Å². The second-order valence-electron chi connectivity index (χ2n) is 14.0. The van der Waals surface area contributed by atoms with E-state index in [4.69, 9.17) is 14.0 Å². The Morgan fingerprint density at radius 3 is 2.06 bits per heavy atom. The van der Waals surface area contributed by atoms with Gasteiger partial charge in [-0.1, -0.05) is 6.92 Å². The lowest BCUT2D eigenvalue weighted by atomic mass is 9.68. The normalized spacial score (nSPS) is 27.4. The molecule has 3 aliphatic carbocycles. The highest BCUT2D eigenvalue weighted by atomic mass is 32.2. The van der Waals surface area contributed by atoms with E-state index in [1.54, 1.807) is 18.4 Å². The Hall–Kier alpha value is -3.67. The number of nitrogens with one attached hydrogen (secondary N) is 4. The third kappa shape index (κ3) is 5.75. The Morgan fingerprint density at radius 1 is 0.860 bits per heavy atom. The van der Waals surface area contributed by atoms with Crippen molar-refractivity contribution in [2.45, 2.75) is 68.9 Å². The van der Waals surface area contributed by atoms with Crippen LogP contribution in [0, 0.1) is 11.8 Å². The molecule has 4 aromatic heterocycles. The summed E-state index contributed by atoms with van der Waals surface area (Å²) in [5.74, 6) is 4.90. The summed E-state index contributed by atoms with van der Waals surface area (Å²) in [5.41, 5.74) is 5.16. The van der Waals surface area contributed by atoms with Gasteiger partial charge in [0.25, 0.3) is 0 Å². The van der Waals surface area contributed by atoms with Crippen LogP contribution < -0.4 is 18.8 Å². The molecule has 0 aromatic carbocycles. The van der Waals surface area contributed by atoms with Crippen LogP contribution in [-0.4, -0.2) is 85.2 Å². The minimum Gasteiger partial charge on any atom is -0.531 e. The van der Waals surface area contributed by atoms with Crippen LogP contribution in [0.2, 0.25) is 0 Å². The number of hydrogen-bond acceptors (Lipinski definition) is 10. The average Bonchev–Trinajstić information content (AvgIpc) is 3.40. The Balaban J connectivity index is 0.858. The van der Waals surface area contributed by atoms with Gasteiger partial charge in [0.05, 0.1) is 24.3 Å². The lowest BCUT2D eigenvalue weighted by Gasteiger charge is -2.39. The van der Waals surface area contributed by atoms with Gasteiger partial charge in [0, 0.05) is 46.4 Å². The highest BCUT2D eigenvalue weighted by Crippen LogP contribution is 2.48. The van der Waals surface area contributed by atoms with Gasteiger partial charge in [0.15, 0.2) is 0 Å². The van der Waals surface area contributed by atoms with Gasteiger partial charge < -0.3 is 29.0 Å². The molecule has 9 rings (SSSR count). The van der Waals surface area contributed by atoms with Gasteiger partial charge >= 0.3 is 14.2 Å². The molecule has 2 unspecified atom stereocenters. The van der Waals surface area contributed by atoms with E-state index in [1.807, 2.05) is 37.4 Å². The fraction of sp³-hybridized carbons (Fsp3) is 0.438. The number of H-pyrrole nitrogens is 2. The van der Waals surface area contributed by atoms with Gasteiger partial charge in [0.2, 0.25) is 20.0 Å². The zero-order chi connectivity index (χ0) is 34.4. The number of aromatic amines is 2. The van der Waals surface area contributed by atoms with Gasteiger partial charge in [0.1, 0.15) is 28.0 Å². The Labute approximate surface area is 289 Å². The molecular formula is C32H36B2N6O8S2. The Bertz CT molecular complexity index is 2280. The topological polar surface area (TPSA) is 198 Å². The number of pyridine rings is 2. The molecule has 50 heavy (non-hydrogen) atoms.